The summed E-state index contributed by atoms with van der Waals surface area (Å²) < 4.78 is 28.4. The van der Waals surface area contributed by atoms with Gasteiger partial charge in [-0.3, -0.25) is 14.2 Å². The summed E-state index contributed by atoms with van der Waals surface area (Å²) in [7, 11) is 0. The first-order chi connectivity index (χ1) is 15.9. The zero-order valence-corrected chi connectivity index (χ0v) is 18.3. The van der Waals surface area contributed by atoms with Gasteiger partial charge in [0, 0.05) is 12.1 Å². The van der Waals surface area contributed by atoms with Crippen molar-refractivity contribution in [1.82, 2.24) is 14.5 Å². The summed E-state index contributed by atoms with van der Waals surface area (Å²) in [4.78, 5) is 33.2. The van der Waals surface area contributed by atoms with E-state index in [1.54, 1.807) is 36.1 Å². The van der Waals surface area contributed by atoms with E-state index in [0.29, 0.717) is 40.9 Å². The molecule has 1 atom stereocenters. The number of nitrogens with zero attached hydrogens (tertiary/aromatic N) is 3. The first kappa shape index (κ1) is 22.3. The van der Waals surface area contributed by atoms with E-state index in [1.165, 1.54) is 53.1 Å². The maximum Gasteiger partial charge on any atom is 0.266 e. The Morgan fingerprint density at radius 1 is 0.970 bits per heavy atom. The molecule has 1 unspecified atom stereocenters. The van der Waals surface area contributed by atoms with Crippen LogP contribution in [0.3, 0.4) is 0 Å². The fourth-order valence-electron chi connectivity index (χ4n) is 3.88. The second-order valence-electron chi connectivity index (χ2n) is 7.79. The maximum atomic E-state index is 13.6. The summed E-state index contributed by atoms with van der Waals surface area (Å²) in [5.41, 5.74) is 0.994. The molecule has 0 fully saturated rings. The number of halogens is 2. The molecule has 0 radical (unpaired) electrons. The van der Waals surface area contributed by atoms with Gasteiger partial charge in [-0.2, -0.15) is 0 Å². The third-order valence-electron chi connectivity index (χ3n) is 5.54. The molecule has 0 spiro atoms. The lowest BCUT2D eigenvalue weighted by atomic mass is 10.1. The number of amides is 1. The van der Waals surface area contributed by atoms with Gasteiger partial charge in [-0.15, -0.1) is 0 Å². The van der Waals surface area contributed by atoms with E-state index in [4.69, 9.17) is 4.98 Å². The van der Waals surface area contributed by atoms with E-state index in [2.05, 4.69) is 0 Å². The van der Waals surface area contributed by atoms with Gasteiger partial charge in [0.25, 0.3) is 11.5 Å². The molecule has 0 saturated heterocycles. The summed E-state index contributed by atoms with van der Waals surface area (Å²) in [6.07, 6.45) is 0.672. The number of fused-ring (bicyclic) bond motifs is 1. The highest BCUT2D eigenvalue weighted by atomic mass is 19.1. The molecular weight excluding hydrogens is 424 g/mol. The van der Waals surface area contributed by atoms with Gasteiger partial charge in [0.05, 0.1) is 22.6 Å². The standard InChI is InChI=1S/C26H23F2N3O2/c1-3-16-30(25(32)18-8-10-19(27)11-9-18)17(2)24-29-23-7-5-4-6-22(23)26(33)31(24)21-14-12-20(28)13-15-21/h4-15,17H,3,16H2,1-2H3. The fourth-order valence-corrected chi connectivity index (χ4v) is 3.88. The molecule has 7 heteroatoms. The number of hydrogen-bond donors (Lipinski definition) is 0. The van der Waals surface area contributed by atoms with E-state index >= 15 is 0 Å². The summed E-state index contributed by atoms with van der Waals surface area (Å²) >= 11 is 0. The van der Waals surface area contributed by atoms with Crippen LogP contribution in [0.2, 0.25) is 0 Å². The smallest absolute Gasteiger partial charge is 0.266 e. The second kappa shape index (κ2) is 9.32. The van der Waals surface area contributed by atoms with Crippen molar-refractivity contribution >= 4 is 16.8 Å². The molecule has 4 rings (SSSR count). The van der Waals surface area contributed by atoms with Gasteiger partial charge in [0.1, 0.15) is 17.5 Å². The summed E-state index contributed by atoms with van der Waals surface area (Å²) in [6, 6.07) is 17.3. The summed E-state index contributed by atoms with van der Waals surface area (Å²) in [5, 5.41) is 0.421. The van der Waals surface area contributed by atoms with Gasteiger partial charge in [-0.1, -0.05) is 19.1 Å². The Hall–Kier alpha value is -3.87. The van der Waals surface area contributed by atoms with Crippen LogP contribution in [0.4, 0.5) is 8.78 Å². The van der Waals surface area contributed by atoms with Crippen LogP contribution in [-0.4, -0.2) is 26.9 Å². The largest absolute Gasteiger partial charge is 0.329 e. The van der Waals surface area contributed by atoms with Crippen LogP contribution in [-0.2, 0) is 0 Å². The Bertz CT molecular complexity index is 1350. The average Bonchev–Trinajstić information content (AvgIpc) is 2.83. The van der Waals surface area contributed by atoms with Crippen molar-refractivity contribution in [1.29, 1.82) is 0 Å². The molecule has 1 heterocycles. The van der Waals surface area contributed by atoms with E-state index in [0.717, 1.165) is 0 Å². The van der Waals surface area contributed by atoms with Crippen LogP contribution in [0.1, 0.15) is 42.5 Å². The fraction of sp³-hybridized carbons (Fsp3) is 0.192. The highest BCUT2D eigenvalue weighted by Crippen LogP contribution is 2.25. The number of carbonyl (C=O) groups is 1. The first-order valence-corrected chi connectivity index (χ1v) is 10.7. The van der Waals surface area contributed by atoms with Crippen molar-refractivity contribution < 1.29 is 13.6 Å². The zero-order valence-electron chi connectivity index (χ0n) is 18.3. The topological polar surface area (TPSA) is 55.2 Å². The SMILES string of the molecule is CCCN(C(=O)c1ccc(F)cc1)C(C)c1nc2ccccc2c(=O)n1-c1ccc(F)cc1. The Balaban J connectivity index is 1.89. The molecule has 0 N–H and O–H groups in total. The minimum Gasteiger partial charge on any atom is -0.329 e. The van der Waals surface area contributed by atoms with Crippen molar-refractivity contribution in [2.24, 2.45) is 0 Å². The third kappa shape index (κ3) is 4.39. The van der Waals surface area contributed by atoms with Crippen LogP contribution in [0.5, 0.6) is 0 Å². The Labute approximate surface area is 189 Å². The van der Waals surface area contributed by atoms with E-state index < -0.39 is 17.7 Å². The molecule has 4 aromatic rings. The number of para-hydroxylation sites is 1. The predicted octanol–water partition coefficient (Wildman–Crippen LogP) is 5.28. The minimum atomic E-state index is -0.593. The number of carbonyl (C=O) groups excluding carboxylic acids is 1. The van der Waals surface area contributed by atoms with Gasteiger partial charge < -0.3 is 4.90 Å². The van der Waals surface area contributed by atoms with Gasteiger partial charge >= 0.3 is 0 Å². The molecule has 1 amide bonds. The summed E-state index contributed by atoms with van der Waals surface area (Å²) in [5.74, 6) is -0.788. The lowest BCUT2D eigenvalue weighted by molar-refractivity contribution is 0.0681. The molecule has 0 aliphatic rings. The normalized spacial score (nSPS) is 12.0. The zero-order chi connectivity index (χ0) is 23.5. The molecule has 33 heavy (non-hydrogen) atoms. The lowest BCUT2D eigenvalue weighted by Gasteiger charge is -2.30. The third-order valence-corrected chi connectivity index (χ3v) is 5.54. The van der Waals surface area contributed by atoms with Crippen molar-refractivity contribution in [3.05, 3.63) is 106 Å². The van der Waals surface area contributed by atoms with Gasteiger partial charge in [-0.25, -0.2) is 13.8 Å². The molecule has 3 aromatic carbocycles. The van der Waals surface area contributed by atoms with E-state index in [9.17, 15) is 18.4 Å². The molecule has 168 valence electrons. The average molecular weight is 447 g/mol. The highest BCUT2D eigenvalue weighted by Gasteiger charge is 2.27. The Morgan fingerprint density at radius 2 is 1.58 bits per heavy atom. The molecule has 0 bridgehead atoms. The Morgan fingerprint density at radius 3 is 2.21 bits per heavy atom. The number of hydrogen-bond acceptors (Lipinski definition) is 3. The molecule has 5 nitrogen and oxygen atoms in total. The summed E-state index contributed by atoms with van der Waals surface area (Å²) in [6.45, 7) is 4.15. The molecule has 1 aromatic heterocycles. The van der Waals surface area contributed by atoms with E-state index in [-0.39, 0.29) is 11.5 Å². The van der Waals surface area contributed by atoms with Gasteiger partial charge in [-0.05, 0) is 74.0 Å². The quantitative estimate of drug-likeness (QED) is 0.404. The predicted molar refractivity (Wildman–Crippen MR) is 123 cm³/mol. The van der Waals surface area contributed by atoms with Crippen molar-refractivity contribution in [3.63, 3.8) is 0 Å². The van der Waals surface area contributed by atoms with Gasteiger partial charge in [0.2, 0.25) is 0 Å². The first-order valence-electron chi connectivity index (χ1n) is 10.7. The number of benzene rings is 3. The molecule has 0 saturated carbocycles. The van der Waals surface area contributed by atoms with Gasteiger partial charge in [0.15, 0.2) is 0 Å². The van der Waals surface area contributed by atoms with Crippen molar-refractivity contribution in [3.8, 4) is 5.69 Å². The van der Waals surface area contributed by atoms with Crippen LogP contribution < -0.4 is 5.56 Å². The van der Waals surface area contributed by atoms with Crippen LogP contribution in [0.25, 0.3) is 16.6 Å². The van der Waals surface area contributed by atoms with Crippen LogP contribution in [0, 0.1) is 11.6 Å². The molecule has 0 aliphatic carbocycles. The van der Waals surface area contributed by atoms with Crippen molar-refractivity contribution in [2.75, 3.05) is 6.54 Å². The van der Waals surface area contributed by atoms with Crippen molar-refractivity contribution in [2.45, 2.75) is 26.3 Å². The lowest BCUT2D eigenvalue weighted by Crippen LogP contribution is -2.38. The monoisotopic (exact) mass is 447 g/mol. The molecular formula is C26H23F2N3O2. The second-order valence-corrected chi connectivity index (χ2v) is 7.79. The molecule has 0 aliphatic heterocycles. The van der Waals surface area contributed by atoms with E-state index in [1.807, 2.05) is 6.92 Å². The number of rotatable bonds is 6. The van der Waals surface area contributed by atoms with Crippen LogP contribution in [0.15, 0.2) is 77.6 Å². The maximum absolute atomic E-state index is 13.6. The Kier molecular flexibility index (Phi) is 6.31. The highest BCUT2D eigenvalue weighted by molar-refractivity contribution is 5.94. The minimum absolute atomic E-state index is 0.294. The van der Waals surface area contributed by atoms with Crippen LogP contribution >= 0.6 is 0 Å². The number of aromatic nitrogens is 2.